The number of rotatable bonds is 3. The summed E-state index contributed by atoms with van der Waals surface area (Å²) in [5.41, 5.74) is 3.05. The first-order valence-electron chi connectivity index (χ1n) is 8.42. The lowest BCUT2D eigenvalue weighted by molar-refractivity contribution is 0.400. The maximum absolute atomic E-state index is 13.3. The first kappa shape index (κ1) is 17.3. The van der Waals surface area contributed by atoms with Gasteiger partial charge in [-0.3, -0.25) is 0 Å². The molecule has 2 aromatic rings. The topological polar surface area (TPSA) is 52.8 Å². The van der Waals surface area contributed by atoms with Gasteiger partial charge in [-0.1, -0.05) is 6.07 Å². The van der Waals surface area contributed by atoms with E-state index in [-0.39, 0.29) is 0 Å². The molecule has 0 aliphatic carbocycles. The van der Waals surface area contributed by atoms with Crippen LogP contribution in [0.5, 0.6) is 0 Å². The molecule has 1 aromatic carbocycles. The number of aryl methyl sites for hydroxylation is 1. The highest BCUT2D eigenvalue weighted by Crippen LogP contribution is 2.28. The first-order valence-corrected chi connectivity index (χ1v) is 8.42. The van der Waals surface area contributed by atoms with Crippen molar-refractivity contribution in [3.05, 3.63) is 52.2 Å². The Morgan fingerprint density at radius 3 is 2.52 bits per heavy atom. The van der Waals surface area contributed by atoms with Gasteiger partial charge in [0, 0.05) is 13.1 Å². The van der Waals surface area contributed by atoms with Gasteiger partial charge in [0.25, 0.3) is 0 Å². The van der Waals surface area contributed by atoms with Crippen LogP contribution in [0.25, 0.3) is 0 Å². The van der Waals surface area contributed by atoms with Crippen LogP contribution in [-0.2, 0) is 6.42 Å². The van der Waals surface area contributed by atoms with Crippen LogP contribution in [0.15, 0.2) is 18.2 Å². The van der Waals surface area contributed by atoms with E-state index in [2.05, 4.69) is 21.2 Å². The standard InChI is InChI=1S/C19H20F2N4/c1-12-13(2)23-24-19(16(12)11-22)25-7-5-14(6-8-25)9-15-3-4-17(20)18(21)10-15/h3-4,10,14H,5-9H2,1-2H3. The molecule has 1 aromatic heterocycles. The van der Waals surface area contributed by atoms with Gasteiger partial charge in [0.1, 0.15) is 11.6 Å². The van der Waals surface area contributed by atoms with E-state index in [1.807, 2.05) is 13.8 Å². The Morgan fingerprint density at radius 1 is 1.16 bits per heavy atom. The van der Waals surface area contributed by atoms with Crippen molar-refractivity contribution in [2.75, 3.05) is 18.0 Å². The molecule has 25 heavy (non-hydrogen) atoms. The van der Waals surface area contributed by atoms with Crippen LogP contribution >= 0.6 is 0 Å². The Labute approximate surface area is 146 Å². The minimum atomic E-state index is -0.809. The monoisotopic (exact) mass is 342 g/mol. The zero-order valence-corrected chi connectivity index (χ0v) is 14.4. The molecule has 0 unspecified atom stereocenters. The molecule has 130 valence electrons. The zero-order valence-electron chi connectivity index (χ0n) is 14.4. The minimum absolute atomic E-state index is 0.408. The average Bonchev–Trinajstić information content (AvgIpc) is 2.61. The highest BCUT2D eigenvalue weighted by molar-refractivity contribution is 5.57. The van der Waals surface area contributed by atoms with Crippen molar-refractivity contribution in [1.82, 2.24) is 10.2 Å². The maximum atomic E-state index is 13.3. The van der Waals surface area contributed by atoms with Crippen molar-refractivity contribution in [3.63, 3.8) is 0 Å². The van der Waals surface area contributed by atoms with Gasteiger partial charge in [0.05, 0.1) is 5.69 Å². The van der Waals surface area contributed by atoms with Gasteiger partial charge in [-0.25, -0.2) is 8.78 Å². The lowest BCUT2D eigenvalue weighted by Gasteiger charge is -2.33. The number of nitrogens with zero attached hydrogens (tertiary/aromatic N) is 4. The summed E-state index contributed by atoms with van der Waals surface area (Å²) in [5.74, 6) is -0.544. The number of piperidine rings is 1. The van der Waals surface area contributed by atoms with Crippen molar-refractivity contribution in [1.29, 1.82) is 5.26 Å². The molecule has 0 saturated carbocycles. The number of anilines is 1. The molecular formula is C19H20F2N4. The van der Waals surface area contributed by atoms with E-state index in [1.165, 1.54) is 12.1 Å². The van der Waals surface area contributed by atoms with Gasteiger partial charge < -0.3 is 4.90 Å². The molecule has 2 heterocycles. The summed E-state index contributed by atoms with van der Waals surface area (Å²) >= 11 is 0. The van der Waals surface area contributed by atoms with E-state index in [1.54, 1.807) is 6.07 Å². The van der Waals surface area contributed by atoms with E-state index in [0.29, 0.717) is 17.3 Å². The quantitative estimate of drug-likeness (QED) is 0.853. The fraction of sp³-hybridized carbons (Fsp3) is 0.421. The second-order valence-electron chi connectivity index (χ2n) is 6.60. The van der Waals surface area contributed by atoms with Gasteiger partial charge in [-0.05, 0) is 62.3 Å². The molecule has 6 heteroatoms. The van der Waals surface area contributed by atoms with Crippen LogP contribution in [0, 0.1) is 42.7 Å². The van der Waals surface area contributed by atoms with Gasteiger partial charge in [0.2, 0.25) is 0 Å². The van der Waals surface area contributed by atoms with Crippen molar-refractivity contribution in [2.45, 2.75) is 33.1 Å². The van der Waals surface area contributed by atoms with Gasteiger partial charge in [0.15, 0.2) is 17.5 Å². The Hall–Kier alpha value is -2.55. The molecule has 0 spiro atoms. The van der Waals surface area contributed by atoms with Crippen molar-refractivity contribution < 1.29 is 8.78 Å². The third-order valence-electron chi connectivity index (χ3n) is 4.97. The van der Waals surface area contributed by atoms with Crippen molar-refractivity contribution in [3.8, 4) is 6.07 Å². The predicted molar refractivity (Wildman–Crippen MR) is 91.2 cm³/mol. The summed E-state index contributed by atoms with van der Waals surface area (Å²) in [4.78, 5) is 2.10. The summed E-state index contributed by atoms with van der Waals surface area (Å²) in [5, 5.41) is 17.8. The smallest absolute Gasteiger partial charge is 0.169 e. The Kier molecular flexibility index (Phi) is 4.93. The largest absolute Gasteiger partial charge is 0.354 e. The molecule has 0 bridgehead atoms. The third-order valence-corrected chi connectivity index (χ3v) is 4.97. The molecule has 0 atom stereocenters. The minimum Gasteiger partial charge on any atom is -0.354 e. The van der Waals surface area contributed by atoms with E-state index >= 15 is 0 Å². The molecule has 1 fully saturated rings. The summed E-state index contributed by atoms with van der Waals surface area (Å²) in [6, 6.07) is 6.36. The van der Waals surface area contributed by atoms with Crippen LogP contribution in [-0.4, -0.2) is 23.3 Å². The van der Waals surface area contributed by atoms with Gasteiger partial charge in [-0.2, -0.15) is 10.4 Å². The third kappa shape index (κ3) is 3.60. The SMILES string of the molecule is Cc1nnc(N2CCC(Cc3ccc(F)c(F)c3)CC2)c(C#N)c1C. The number of hydrogen-bond acceptors (Lipinski definition) is 4. The Morgan fingerprint density at radius 2 is 1.88 bits per heavy atom. The van der Waals surface area contributed by atoms with Gasteiger partial charge >= 0.3 is 0 Å². The lowest BCUT2D eigenvalue weighted by atomic mass is 9.90. The number of aromatic nitrogens is 2. The summed E-state index contributed by atoms with van der Waals surface area (Å²) in [6.45, 7) is 5.29. The molecule has 0 amide bonds. The van der Waals surface area contributed by atoms with Crippen molar-refractivity contribution in [2.24, 2.45) is 5.92 Å². The average molecular weight is 342 g/mol. The second kappa shape index (κ2) is 7.14. The van der Waals surface area contributed by atoms with Crippen LogP contribution in [0.2, 0.25) is 0 Å². The number of halogens is 2. The molecule has 0 radical (unpaired) electrons. The van der Waals surface area contributed by atoms with Gasteiger partial charge in [-0.15, -0.1) is 5.10 Å². The number of hydrogen-bond donors (Lipinski definition) is 0. The summed E-state index contributed by atoms with van der Waals surface area (Å²) in [7, 11) is 0. The molecule has 4 nitrogen and oxygen atoms in total. The molecule has 1 saturated heterocycles. The Balaban J connectivity index is 1.67. The molecular weight excluding hydrogens is 322 g/mol. The molecule has 1 aliphatic rings. The first-order chi connectivity index (χ1) is 12.0. The number of benzene rings is 1. The Bertz CT molecular complexity index is 821. The lowest BCUT2D eigenvalue weighted by Crippen LogP contribution is -2.35. The highest BCUT2D eigenvalue weighted by Gasteiger charge is 2.24. The van der Waals surface area contributed by atoms with E-state index in [0.717, 1.165) is 49.2 Å². The second-order valence-corrected chi connectivity index (χ2v) is 6.60. The molecule has 1 aliphatic heterocycles. The molecule has 0 N–H and O–H groups in total. The molecule has 3 rings (SSSR count). The zero-order chi connectivity index (χ0) is 18.0. The number of nitriles is 1. The van der Waals surface area contributed by atoms with Crippen LogP contribution < -0.4 is 4.90 Å². The maximum Gasteiger partial charge on any atom is 0.169 e. The summed E-state index contributed by atoms with van der Waals surface area (Å²) < 4.78 is 26.4. The van der Waals surface area contributed by atoms with E-state index < -0.39 is 11.6 Å². The summed E-state index contributed by atoms with van der Waals surface area (Å²) in [6.07, 6.45) is 2.56. The van der Waals surface area contributed by atoms with E-state index in [9.17, 15) is 14.0 Å². The predicted octanol–water partition coefficient (Wildman–Crippen LogP) is 3.70. The van der Waals surface area contributed by atoms with Crippen molar-refractivity contribution >= 4 is 5.82 Å². The fourth-order valence-electron chi connectivity index (χ4n) is 3.30. The van der Waals surface area contributed by atoms with Crippen LogP contribution in [0.3, 0.4) is 0 Å². The highest BCUT2D eigenvalue weighted by atomic mass is 19.2. The normalized spacial score (nSPS) is 15.2. The van der Waals surface area contributed by atoms with Crippen LogP contribution in [0.4, 0.5) is 14.6 Å². The van der Waals surface area contributed by atoms with Crippen LogP contribution in [0.1, 0.15) is 35.2 Å². The fourth-order valence-corrected chi connectivity index (χ4v) is 3.30. The van der Waals surface area contributed by atoms with E-state index in [4.69, 9.17) is 0 Å².